The zero-order valence-electron chi connectivity index (χ0n) is 22.2. The van der Waals surface area contributed by atoms with E-state index < -0.39 is 28.7 Å². The maximum absolute atomic E-state index is 14.9. The van der Waals surface area contributed by atoms with Crippen molar-refractivity contribution in [3.63, 3.8) is 0 Å². The average Bonchev–Trinajstić information content (AvgIpc) is 3.75. The Kier molecular flexibility index (Phi) is 7.03. The van der Waals surface area contributed by atoms with Crippen LogP contribution in [-0.4, -0.2) is 38.0 Å². The number of halogens is 1. The van der Waals surface area contributed by atoms with Crippen LogP contribution < -0.4 is 32.8 Å². The van der Waals surface area contributed by atoms with E-state index in [9.17, 15) is 23.6 Å². The van der Waals surface area contributed by atoms with E-state index in [1.807, 2.05) is 0 Å². The number of benzene rings is 2. The first kappa shape index (κ1) is 26.9. The molecule has 1 saturated carbocycles. The topological polar surface area (TPSA) is 139 Å². The number of hydrogen-bond acceptors (Lipinski definition) is 6. The molecule has 0 saturated heterocycles. The van der Waals surface area contributed by atoms with Gasteiger partial charge in [-0.3, -0.25) is 23.3 Å². The van der Waals surface area contributed by atoms with Crippen molar-refractivity contribution < 1.29 is 14.3 Å². The average molecular weight is 549 g/mol. The van der Waals surface area contributed by atoms with Crippen LogP contribution >= 0.6 is 0 Å². The Morgan fingerprint density at radius 2 is 1.82 bits per heavy atom. The van der Waals surface area contributed by atoms with Crippen LogP contribution in [0.3, 0.4) is 0 Å². The van der Waals surface area contributed by atoms with Gasteiger partial charge < -0.3 is 21.1 Å². The lowest BCUT2D eigenvalue weighted by Gasteiger charge is -2.21. The number of anilines is 3. The standard InChI is InChI=1S/C28H29FN6O5/c1-15-7-10-21(20(29)13-15)32-24-22-23(16(2)25(37)33(24)3)34(28(40)35(26(22)38)18-8-9-18)19-6-4-5-17(14-19)31-27(39)30-11-12-36/h4-7,10,13-14,18,32,36H,8-9,11-12H2,1-3H3,(H2,30,31,39). The number of pyridine rings is 1. The lowest BCUT2D eigenvalue weighted by atomic mass is 10.1. The molecule has 2 aromatic carbocycles. The molecule has 40 heavy (non-hydrogen) atoms. The second-order valence-electron chi connectivity index (χ2n) is 9.85. The van der Waals surface area contributed by atoms with Crippen molar-refractivity contribution in [2.24, 2.45) is 7.05 Å². The summed E-state index contributed by atoms with van der Waals surface area (Å²) < 4.78 is 18.6. The molecule has 0 spiro atoms. The first-order chi connectivity index (χ1) is 19.1. The molecule has 1 aliphatic rings. The molecule has 2 heterocycles. The van der Waals surface area contributed by atoms with E-state index in [-0.39, 0.29) is 47.2 Å². The Morgan fingerprint density at radius 1 is 1.07 bits per heavy atom. The van der Waals surface area contributed by atoms with Crippen molar-refractivity contribution in [2.75, 3.05) is 23.8 Å². The number of aliphatic hydroxyl groups excluding tert-OH is 1. The lowest BCUT2D eigenvalue weighted by Crippen LogP contribution is -2.41. The first-order valence-corrected chi connectivity index (χ1v) is 12.8. The van der Waals surface area contributed by atoms with Crippen LogP contribution in [0, 0.1) is 19.7 Å². The third-order valence-electron chi connectivity index (χ3n) is 6.89. The molecular weight excluding hydrogens is 519 g/mol. The molecule has 2 amide bonds. The van der Waals surface area contributed by atoms with Crippen LogP contribution in [0.4, 0.5) is 26.4 Å². The number of aryl methyl sites for hydroxylation is 2. The molecule has 208 valence electrons. The van der Waals surface area contributed by atoms with E-state index in [2.05, 4.69) is 16.0 Å². The second-order valence-corrected chi connectivity index (χ2v) is 9.85. The molecule has 11 nitrogen and oxygen atoms in total. The predicted octanol–water partition coefficient (Wildman–Crippen LogP) is 2.80. The molecule has 0 bridgehead atoms. The van der Waals surface area contributed by atoms with Gasteiger partial charge in [0.15, 0.2) is 0 Å². The second kappa shape index (κ2) is 10.5. The molecule has 0 aliphatic heterocycles. The molecule has 4 aromatic rings. The maximum Gasteiger partial charge on any atom is 0.336 e. The zero-order valence-corrected chi connectivity index (χ0v) is 22.2. The number of carbonyl (C=O) groups is 1. The monoisotopic (exact) mass is 548 g/mol. The van der Waals surface area contributed by atoms with Crippen molar-refractivity contribution in [1.29, 1.82) is 0 Å². The van der Waals surface area contributed by atoms with Gasteiger partial charge in [-0.2, -0.15) is 0 Å². The highest BCUT2D eigenvalue weighted by Gasteiger charge is 2.31. The minimum absolute atomic E-state index is 0.0548. The number of urea groups is 1. The molecule has 4 N–H and O–H groups in total. The van der Waals surface area contributed by atoms with Gasteiger partial charge in [0.05, 0.1) is 23.5 Å². The SMILES string of the molecule is Cc1ccc(Nc2c3c(=O)n(C4CC4)c(=O)n(-c4cccc(NC(=O)NCCO)c4)c3c(C)c(=O)n2C)c(F)c1. The fourth-order valence-corrected chi connectivity index (χ4v) is 4.77. The van der Waals surface area contributed by atoms with Crippen LogP contribution in [0.15, 0.2) is 56.8 Å². The van der Waals surface area contributed by atoms with Crippen molar-refractivity contribution >= 4 is 34.1 Å². The number of carbonyl (C=O) groups excluding carboxylic acids is 1. The summed E-state index contributed by atoms with van der Waals surface area (Å²) in [7, 11) is 1.48. The number of nitrogens with zero attached hydrogens (tertiary/aromatic N) is 3. The van der Waals surface area contributed by atoms with E-state index >= 15 is 0 Å². The minimum atomic E-state index is -0.620. The fourth-order valence-electron chi connectivity index (χ4n) is 4.77. The van der Waals surface area contributed by atoms with Gasteiger partial charge in [0.25, 0.3) is 11.1 Å². The summed E-state index contributed by atoms with van der Waals surface area (Å²) in [5, 5.41) is 17.1. The Hall–Kier alpha value is -4.71. The predicted molar refractivity (Wildman–Crippen MR) is 151 cm³/mol. The van der Waals surface area contributed by atoms with Crippen molar-refractivity contribution in [2.45, 2.75) is 32.7 Å². The number of aromatic nitrogens is 3. The highest BCUT2D eigenvalue weighted by Crippen LogP contribution is 2.34. The summed E-state index contributed by atoms with van der Waals surface area (Å²) >= 11 is 0. The molecule has 0 atom stereocenters. The molecule has 12 heteroatoms. The third kappa shape index (κ3) is 4.77. The first-order valence-electron chi connectivity index (χ1n) is 12.8. The number of aliphatic hydroxyl groups is 1. The van der Waals surface area contributed by atoms with Crippen molar-refractivity contribution in [3.8, 4) is 5.69 Å². The highest BCUT2D eigenvalue weighted by atomic mass is 19.1. The number of nitrogens with one attached hydrogen (secondary N) is 3. The van der Waals surface area contributed by atoms with Gasteiger partial charge in [-0.25, -0.2) is 14.0 Å². The summed E-state index contributed by atoms with van der Waals surface area (Å²) in [5.41, 5.74) is 0.00490. The van der Waals surface area contributed by atoms with Gasteiger partial charge in [0.2, 0.25) is 0 Å². The molecule has 1 aliphatic carbocycles. The normalized spacial score (nSPS) is 12.9. The van der Waals surface area contributed by atoms with Crippen LogP contribution in [-0.2, 0) is 7.05 Å². The molecule has 2 aromatic heterocycles. The van der Waals surface area contributed by atoms with Gasteiger partial charge in [0, 0.05) is 30.9 Å². The minimum Gasteiger partial charge on any atom is -0.395 e. The number of amides is 2. The third-order valence-corrected chi connectivity index (χ3v) is 6.89. The molecular formula is C28H29FN6O5. The van der Waals surface area contributed by atoms with Gasteiger partial charge in [-0.15, -0.1) is 0 Å². The maximum atomic E-state index is 14.9. The van der Waals surface area contributed by atoms with Gasteiger partial charge >= 0.3 is 11.7 Å². The van der Waals surface area contributed by atoms with E-state index in [1.165, 1.54) is 39.8 Å². The van der Waals surface area contributed by atoms with Crippen molar-refractivity contribution in [1.82, 2.24) is 19.0 Å². The van der Waals surface area contributed by atoms with Crippen LogP contribution in [0.5, 0.6) is 0 Å². The Bertz CT molecular complexity index is 1840. The number of fused-ring (bicyclic) bond motifs is 1. The molecule has 5 rings (SSSR count). The molecule has 0 radical (unpaired) electrons. The molecule has 0 unspecified atom stereocenters. The number of hydrogen-bond donors (Lipinski definition) is 4. The van der Waals surface area contributed by atoms with E-state index in [0.717, 1.165) is 0 Å². The van der Waals surface area contributed by atoms with Gasteiger partial charge in [-0.1, -0.05) is 12.1 Å². The summed E-state index contributed by atoms with van der Waals surface area (Å²) in [4.78, 5) is 53.4. The van der Waals surface area contributed by atoms with E-state index in [0.29, 0.717) is 29.8 Å². The summed E-state index contributed by atoms with van der Waals surface area (Å²) in [6.45, 7) is 3.11. The van der Waals surface area contributed by atoms with Crippen molar-refractivity contribution in [3.05, 3.63) is 90.6 Å². The van der Waals surface area contributed by atoms with Crippen LogP contribution in [0.25, 0.3) is 16.6 Å². The Balaban J connectivity index is 1.80. The highest BCUT2D eigenvalue weighted by molar-refractivity contribution is 5.94. The Labute approximate surface area is 227 Å². The number of rotatable bonds is 7. The van der Waals surface area contributed by atoms with Crippen LogP contribution in [0.2, 0.25) is 0 Å². The summed E-state index contributed by atoms with van der Waals surface area (Å²) in [6, 6.07) is 10.1. The largest absolute Gasteiger partial charge is 0.395 e. The fraction of sp³-hybridized carbons (Fsp3) is 0.286. The zero-order chi connectivity index (χ0) is 28.7. The quantitative estimate of drug-likeness (QED) is 0.280. The summed E-state index contributed by atoms with van der Waals surface area (Å²) in [5.74, 6) is -0.505. The van der Waals surface area contributed by atoms with Gasteiger partial charge in [0.1, 0.15) is 17.0 Å². The van der Waals surface area contributed by atoms with E-state index in [4.69, 9.17) is 5.11 Å². The van der Waals surface area contributed by atoms with E-state index in [1.54, 1.807) is 37.3 Å². The lowest BCUT2D eigenvalue weighted by molar-refractivity contribution is 0.245. The molecule has 1 fully saturated rings. The Morgan fingerprint density at radius 3 is 2.50 bits per heavy atom. The van der Waals surface area contributed by atoms with Gasteiger partial charge in [-0.05, 0) is 62.6 Å². The summed E-state index contributed by atoms with van der Waals surface area (Å²) in [6.07, 6.45) is 1.29. The van der Waals surface area contributed by atoms with Crippen LogP contribution in [0.1, 0.15) is 30.0 Å². The smallest absolute Gasteiger partial charge is 0.336 e.